The first-order valence-electron chi connectivity index (χ1n) is 8.28. The number of ether oxygens (including phenoxy) is 1. The van der Waals surface area contributed by atoms with Gasteiger partial charge < -0.3 is 14.6 Å². The molecule has 1 heterocycles. The van der Waals surface area contributed by atoms with E-state index in [1.807, 2.05) is 13.1 Å². The minimum atomic E-state index is -0.423. The highest BCUT2D eigenvalue weighted by Crippen LogP contribution is 2.19. The summed E-state index contributed by atoms with van der Waals surface area (Å²) in [5, 5.41) is 0. The molecule has 2 rings (SSSR count). The average Bonchev–Trinajstić information content (AvgIpc) is 2.82. The quantitative estimate of drug-likeness (QED) is 0.593. The number of carbonyl (C=O) groups is 2. The number of aromatic amines is 1. The predicted octanol–water partition coefficient (Wildman–Crippen LogP) is 1.84. The van der Waals surface area contributed by atoms with Crippen molar-refractivity contribution in [2.45, 2.75) is 27.3 Å². The second kappa shape index (κ2) is 8.07. The summed E-state index contributed by atoms with van der Waals surface area (Å²) in [7, 11) is 1.88. The minimum absolute atomic E-state index is 0.0925. The van der Waals surface area contributed by atoms with Gasteiger partial charge in [0.1, 0.15) is 18.9 Å². The van der Waals surface area contributed by atoms with Crippen LogP contribution in [0.25, 0.3) is 0 Å². The molecule has 0 amide bonds. The van der Waals surface area contributed by atoms with Gasteiger partial charge in [-0.25, -0.2) is 9.18 Å². The van der Waals surface area contributed by atoms with Crippen molar-refractivity contribution in [1.29, 1.82) is 0 Å². The number of aryl methyl sites for hydroxylation is 1. The number of Topliss-reactive ketones (excluding diaryl/α,β-unsaturated/α-hetero) is 1. The Hall–Kier alpha value is -2.47. The van der Waals surface area contributed by atoms with E-state index in [4.69, 9.17) is 4.74 Å². The topological polar surface area (TPSA) is 63.6 Å². The van der Waals surface area contributed by atoms with Gasteiger partial charge in [0, 0.05) is 11.3 Å². The summed E-state index contributed by atoms with van der Waals surface area (Å²) in [5.41, 5.74) is 2.92. The van der Waals surface area contributed by atoms with Gasteiger partial charge in [-0.1, -0.05) is 12.1 Å². The number of nitrogens with one attached hydrogen (secondary N) is 2. The normalized spacial score (nSPS) is 12.0. The average molecular weight is 347 g/mol. The van der Waals surface area contributed by atoms with E-state index in [2.05, 4.69) is 4.98 Å². The standard InChI is InChI=1S/C19H23FN2O3/c1-5-25-19(24)17-12(2)18(21-13(17)3)16(23)11-22(4)10-14-7-6-8-15(20)9-14/h6-9,21H,5,10-11H2,1-4H3/p+1. The fourth-order valence-corrected chi connectivity index (χ4v) is 2.96. The number of likely N-dealkylation sites (N-methyl/N-ethyl adjacent to an activating group) is 1. The summed E-state index contributed by atoms with van der Waals surface area (Å²) in [6.07, 6.45) is 0. The number of quaternary nitrogens is 1. The lowest BCUT2D eigenvalue weighted by molar-refractivity contribution is -0.884. The van der Waals surface area contributed by atoms with Gasteiger partial charge in [-0.15, -0.1) is 0 Å². The molecule has 0 aliphatic carbocycles. The van der Waals surface area contributed by atoms with Crippen LogP contribution in [-0.4, -0.2) is 36.9 Å². The third-order valence-corrected chi connectivity index (χ3v) is 4.05. The maximum Gasteiger partial charge on any atom is 0.340 e. The van der Waals surface area contributed by atoms with Crippen molar-refractivity contribution in [2.75, 3.05) is 20.2 Å². The van der Waals surface area contributed by atoms with Gasteiger partial charge >= 0.3 is 5.97 Å². The molecule has 0 saturated carbocycles. The van der Waals surface area contributed by atoms with Gasteiger partial charge in [-0.05, 0) is 38.5 Å². The molecule has 0 fully saturated rings. The first-order chi connectivity index (χ1) is 11.8. The summed E-state index contributed by atoms with van der Waals surface area (Å²) in [6, 6.07) is 6.35. The molecule has 6 heteroatoms. The van der Waals surface area contributed by atoms with Crippen LogP contribution in [0.2, 0.25) is 0 Å². The fraction of sp³-hybridized carbons (Fsp3) is 0.368. The Kier molecular flexibility index (Phi) is 6.09. The zero-order chi connectivity index (χ0) is 18.6. The number of hydrogen-bond donors (Lipinski definition) is 2. The van der Waals surface area contributed by atoms with E-state index < -0.39 is 5.97 Å². The first-order valence-corrected chi connectivity index (χ1v) is 8.28. The van der Waals surface area contributed by atoms with Crippen LogP contribution in [0.4, 0.5) is 4.39 Å². The van der Waals surface area contributed by atoms with Crippen molar-refractivity contribution in [3.63, 3.8) is 0 Å². The monoisotopic (exact) mass is 347 g/mol. The molecule has 1 aromatic carbocycles. The molecule has 0 aliphatic heterocycles. The molecule has 0 saturated heterocycles. The maximum atomic E-state index is 13.3. The van der Waals surface area contributed by atoms with Crippen molar-refractivity contribution >= 4 is 11.8 Å². The Morgan fingerprint density at radius 2 is 2.00 bits per heavy atom. The highest BCUT2D eigenvalue weighted by Gasteiger charge is 2.24. The zero-order valence-corrected chi connectivity index (χ0v) is 15.0. The first kappa shape index (κ1) is 18.9. The zero-order valence-electron chi connectivity index (χ0n) is 15.0. The lowest BCUT2D eigenvalue weighted by Crippen LogP contribution is -3.08. The van der Waals surface area contributed by atoms with Gasteiger partial charge in [-0.3, -0.25) is 4.79 Å². The highest BCUT2D eigenvalue weighted by atomic mass is 19.1. The highest BCUT2D eigenvalue weighted by molar-refractivity contribution is 6.01. The summed E-state index contributed by atoms with van der Waals surface area (Å²) in [5.74, 6) is -0.801. The Bertz CT molecular complexity index is 783. The number of carbonyl (C=O) groups excluding carboxylic acids is 2. The Morgan fingerprint density at radius 1 is 1.28 bits per heavy atom. The van der Waals surface area contributed by atoms with E-state index in [1.165, 1.54) is 12.1 Å². The van der Waals surface area contributed by atoms with E-state index in [0.29, 0.717) is 29.1 Å². The van der Waals surface area contributed by atoms with Crippen LogP contribution in [0, 0.1) is 19.7 Å². The van der Waals surface area contributed by atoms with Crippen LogP contribution in [0.1, 0.15) is 44.6 Å². The van der Waals surface area contributed by atoms with Gasteiger partial charge in [0.15, 0.2) is 0 Å². The number of ketones is 1. The number of hydrogen-bond acceptors (Lipinski definition) is 3. The van der Waals surface area contributed by atoms with E-state index >= 15 is 0 Å². The van der Waals surface area contributed by atoms with Gasteiger partial charge in [0.25, 0.3) is 0 Å². The number of H-pyrrole nitrogens is 1. The molecule has 134 valence electrons. The number of rotatable bonds is 7. The molecule has 1 aromatic heterocycles. The smallest absolute Gasteiger partial charge is 0.340 e. The maximum absolute atomic E-state index is 13.3. The summed E-state index contributed by atoms with van der Waals surface area (Å²) in [4.78, 5) is 28.6. The minimum Gasteiger partial charge on any atom is -0.462 e. The van der Waals surface area contributed by atoms with Gasteiger partial charge in [0.05, 0.1) is 24.9 Å². The van der Waals surface area contributed by atoms with Crippen LogP contribution in [0.15, 0.2) is 24.3 Å². The molecule has 1 unspecified atom stereocenters. The number of esters is 1. The van der Waals surface area contributed by atoms with Gasteiger partial charge in [0.2, 0.25) is 5.78 Å². The predicted molar refractivity (Wildman–Crippen MR) is 92.4 cm³/mol. The molecule has 0 bridgehead atoms. The van der Waals surface area contributed by atoms with Crippen molar-refractivity contribution in [3.05, 3.63) is 58.2 Å². The second-order valence-electron chi connectivity index (χ2n) is 6.21. The van der Waals surface area contributed by atoms with E-state index in [0.717, 1.165) is 10.5 Å². The van der Waals surface area contributed by atoms with Crippen LogP contribution in [0.5, 0.6) is 0 Å². The lowest BCUT2D eigenvalue weighted by Gasteiger charge is -2.13. The van der Waals surface area contributed by atoms with E-state index in [9.17, 15) is 14.0 Å². The summed E-state index contributed by atoms with van der Waals surface area (Å²) < 4.78 is 18.3. The fourth-order valence-electron chi connectivity index (χ4n) is 2.96. The number of benzene rings is 1. The van der Waals surface area contributed by atoms with Crippen LogP contribution < -0.4 is 4.90 Å². The third kappa shape index (κ3) is 4.54. The molecule has 0 radical (unpaired) electrons. The Balaban J connectivity index is 2.10. The molecule has 25 heavy (non-hydrogen) atoms. The molecule has 0 aliphatic rings. The summed E-state index contributed by atoms with van der Waals surface area (Å²) >= 11 is 0. The number of aromatic nitrogens is 1. The van der Waals surface area contributed by atoms with Gasteiger partial charge in [-0.2, -0.15) is 0 Å². The largest absolute Gasteiger partial charge is 0.462 e. The molecule has 2 aromatic rings. The lowest BCUT2D eigenvalue weighted by atomic mass is 10.1. The van der Waals surface area contributed by atoms with E-state index in [-0.39, 0.29) is 24.8 Å². The molecular weight excluding hydrogens is 323 g/mol. The SMILES string of the molecule is CCOC(=O)c1c(C)[nH]c(C(=O)C[NH+](C)Cc2cccc(F)c2)c1C. The van der Waals surface area contributed by atoms with Crippen molar-refractivity contribution in [3.8, 4) is 0 Å². The molecular formula is C19H24FN2O3+. The third-order valence-electron chi connectivity index (χ3n) is 4.05. The molecule has 5 nitrogen and oxygen atoms in total. The van der Waals surface area contributed by atoms with Crippen molar-refractivity contribution < 1.29 is 23.6 Å². The van der Waals surface area contributed by atoms with Crippen molar-refractivity contribution in [2.24, 2.45) is 0 Å². The molecule has 0 spiro atoms. The molecule has 1 atom stereocenters. The van der Waals surface area contributed by atoms with Crippen LogP contribution in [-0.2, 0) is 11.3 Å². The van der Waals surface area contributed by atoms with Crippen LogP contribution in [0.3, 0.4) is 0 Å². The second-order valence-corrected chi connectivity index (χ2v) is 6.21. The van der Waals surface area contributed by atoms with Crippen LogP contribution >= 0.6 is 0 Å². The summed E-state index contributed by atoms with van der Waals surface area (Å²) in [6.45, 7) is 6.29. The Morgan fingerprint density at radius 3 is 2.64 bits per heavy atom. The van der Waals surface area contributed by atoms with Crippen molar-refractivity contribution in [1.82, 2.24) is 4.98 Å². The number of halogens is 1. The van der Waals surface area contributed by atoms with E-state index in [1.54, 1.807) is 26.8 Å². The molecule has 2 N–H and O–H groups in total. The Labute approximate surface area is 146 Å².